The predicted molar refractivity (Wildman–Crippen MR) is 77.8 cm³/mol. The molecule has 126 valence electrons. The molecule has 0 aliphatic heterocycles. The van der Waals surface area contributed by atoms with Crippen molar-refractivity contribution in [1.29, 1.82) is 0 Å². The number of benzene rings is 1. The van der Waals surface area contributed by atoms with Crippen LogP contribution in [0.4, 0.5) is 13.2 Å². The monoisotopic (exact) mass is 328 g/mol. The number of carbonyl (C=O) groups excluding carboxylic acids is 2. The van der Waals surface area contributed by atoms with Crippen LogP contribution in [0.25, 0.3) is 0 Å². The first-order valence-corrected chi connectivity index (χ1v) is 7.68. The Balaban J connectivity index is 2.21. The molecule has 0 radical (unpaired) electrons. The highest BCUT2D eigenvalue weighted by Crippen LogP contribution is 2.38. The summed E-state index contributed by atoms with van der Waals surface area (Å²) < 4.78 is 42.9. The van der Waals surface area contributed by atoms with Gasteiger partial charge in [0.05, 0.1) is 12.2 Å². The third-order valence-electron chi connectivity index (χ3n) is 4.15. The quantitative estimate of drug-likeness (QED) is 0.781. The zero-order chi connectivity index (χ0) is 17.0. The number of Topliss-reactive ketones (excluding diaryl/α,β-unsaturated/α-hetero) is 1. The van der Waals surface area contributed by atoms with Gasteiger partial charge >= 0.3 is 12.1 Å². The van der Waals surface area contributed by atoms with Crippen molar-refractivity contribution in [2.45, 2.75) is 44.7 Å². The largest absolute Gasteiger partial charge is 0.466 e. The molecule has 0 amide bonds. The number of alkyl halides is 3. The van der Waals surface area contributed by atoms with Crippen LogP contribution < -0.4 is 0 Å². The second-order valence-corrected chi connectivity index (χ2v) is 5.73. The second-order valence-electron chi connectivity index (χ2n) is 5.73. The lowest BCUT2D eigenvalue weighted by Crippen LogP contribution is -2.29. The molecule has 2 rings (SSSR count). The number of esters is 1. The fourth-order valence-electron chi connectivity index (χ4n) is 3.11. The van der Waals surface area contributed by atoms with Gasteiger partial charge in [-0.1, -0.05) is 12.1 Å². The summed E-state index contributed by atoms with van der Waals surface area (Å²) in [6.45, 7) is 1.97. The lowest BCUT2D eigenvalue weighted by Gasteiger charge is -2.30. The van der Waals surface area contributed by atoms with Crippen molar-refractivity contribution in [2.75, 3.05) is 6.61 Å². The lowest BCUT2D eigenvalue weighted by atomic mass is 9.73. The summed E-state index contributed by atoms with van der Waals surface area (Å²) in [5, 5.41) is 0. The molecule has 1 saturated carbocycles. The van der Waals surface area contributed by atoms with Gasteiger partial charge in [-0.15, -0.1) is 0 Å². The average molecular weight is 328 g/mol. The van der Waals surface area contributed by atoms with Gasteiger partial charge in [0.15, 0.2) is 0 Å². The van der Waals surface area contributed by atoms with E-state index in [-0.39, 0.29) is 30.7 Å². The molecule has 0 spiro atoms. The zero-order valence-corrected chi connectivity index (χ0v) is 12.9. The molecule has 1 aromatic carbocycles. The standard InChI is InChI=1S/C17H19F3O3/c1-2-23-15(22)10-12-4-3-5-14(21)16(12)11-6-8-13(9-7-11)17(18,19)20/h6-9,12,16H,2-5,10H2,1H3/t12-,16-/m1/s1. The van der Waals surface area contributed by atoms with Gasteiger partial charge in [0.25, 0.3) is 0 Å². The number of halogens is 3. The highest BCUT2D eigenvalue weighted by Gasteiger charge is 2.36. The molecular formula is C17H19F3O3. The molecule has 6 heteroatoms. The number of rotatable bonds is 4. The van der Waals surface area contributed by atoms with E-state index in [0.717, 1.165) is 12.1 Å². The minimum absolute atomic E-state index is 0.0229. The van der Waals surface area contributed by atoms with E-state index in [1.807, 2.05) is 0 Å². The topological polar surface area (TPSA) is 43.4 Å². The normalized spacial score (nSPS) is 22.0. The van der Waals surface area contributed by atoms with Gasteiger partial charge in [-0.25, -0.2) is 0 Å². The van der Waals surface area contributed by atoms with Gasteiger partial charge in [-0.2, -0.15) is 13.2 Å². The van der Waals surface area contributed by atoms with E-state index in [1.165, 1.54) is 12.1 Å². The van der Waals surface area contributed by atoms with Crippen molar-refractivity contribution in [3.8, 4) is 0 Å². The van der Waals surface area contributed by atoms with Crippen LogP contribution in [0.15, 0.2) is 24.3 Å². The summed E-state index contributed by atoms with van der Waals surface area (Å²) in [6.07, 6.45) is -2.51. The SMILES string of the molecule is CCOC(=O)C[C@H]1CCCC(=O)[C@@H]1c1ccc(C(F)(F)F)cc1. The van der Waals surface area contributed by atoms with Crippen LogP contribution in [0.2, 0.25) is 0 Å². The van der Waals surface area contributed by atoms with Crippen molar-refractivity contribution in [2.24, 2.45) is 5.92 Å². The number of ether oxygens (including phenoxy) is 1. The minimum atomic E-state index is -4.40. The maximum atomic E-state index is 12.6. The van der Waals surface area contributed by atoms with Crippen LogP contribution >= 0.6 is 0 Å². The van der Waals surface area contributed by atoms with Crippen LogP contribution in [0.3, 0.4) is 0 Å². The summed E-state index contributed by atoms with van der Waals surface area (Å²) in [7, 11) is 0. The molecule has 1 aromatic rings. The van der Waals surface area contributed by atoms with Gasteiger partial charge in [0.1, 0.15) is 5.78 Å². The summed E-state index contributed by atoms with van der Waals surface area (Å²) in [4.78, 5) is 24.0. The maximum Gasteiger partial charge on any atom is 0.416 e. The molecule has 3 nitrogen and oxygen atoms in total. The van der Waals surface area contributed by atoms with E-state index in [0.29, 0.717) is 24.8 Å². The van der Waals surface area contributed by atoms with Crippen molar-refractivity contribution < 1.29 is 27.5 Å². The van der Waals surface area contributed by atoms with E-state index in [2.05, 4.69) is 0 Å². The fraction of sp³-hybridized carbons (Fsp3) is 0.529. The Morgan fingerprint density at radius 3 is 2.48 bits per heavy atom. The number of hydrogen-bond acceptors (Lipinski definition) is 3. The van der Waals surface area contributed by atoms with Crippen molar-refractivity contribution in [3.63, 3.8) is 0 Å². The Morgan fingerprint density at radius 1 is 1.26 bits per heavy atom. The first kappa shape index (κ1) is 17.5. The minimum Gasteiger partial charge on any atom is -0.466 e. The fourth-order valence-corrected chi connectivity index (χ4v) is 3.11. The average Bonchev–Trinajstić information content (AvgIpc) is 2.47. The summed E-state index contributed by atoms with van der Waals surface area (Å²) >= 11 is 0. The summed E-state index contributed by atoms with van der Waals surface area (Å²) in [6, 6.07) is 4.65. The number of hydrogen-bond donors (Lipinski definition) is 0. The second kappa shape index (κ2) is 7.15. The van der Waals surface area contributed by atoms with Gasteiger partial charge in [-0.3, -0.25) is 9.59 Å². The van der Waals surface area contributed by atoms with E-state index in [4.69, 9.17) is 4.74 Å². The first-order valence-electron chi connectivity index (χ1n) is 7.68. The molecular weight excluding hydrogens is 309 g/mol. The lowest BCUT2D eigenvalue weighted by molar-refractivity contribution is -0.145. The van der Waals surface area contributed by atoms with Crippen molar-refractivity contribution in [1.82, 2.24) is 0 Å². The summed E-state index contributed by atoms with van der Waals surface area (Å²) in [5.74, 6) is -1.14. The summed E-state index contributed by atoms with van der Waals surface area (Å²) in [5.41, 5.74) is -0.205. The maximum absolute atomic E-state index is 12.6. The van der Waals surface area contributed by atoms with E-state index < -0.39 is 17.7 Å². The molecule has 0 unspecified atom stereocenters. The Bertz CT molecular complexity index is 563. The highest BCUT2D eigenvalue weighted by atomic mass is 19.4. The Kier molecular flexibility index (Phi) is 5.44. The smallest absolute Gasteiger partial charge is 0.416 e. The van der Waals surface area contributed by atoms with Gasteiger partial charge < -0.3 is 4.74 Å². The molecule has 1 aliphatic carbocycles. The Hall–Kier alpha value is -1.85. The van der Waals surface area contributed by atoms with Crippen molar-refractivity contribution in [3.05, 3.63) is 35.4 Å². The molecule has 0 N–H and O–H groups in total. The zero-order valence-electron chi connectivity index (χ0n) is 12.9. The van der Waals surface area contributed by atoms with Crippen LogP contribution in [0.1, 0.15) is 49.7 Å². The Morgan fingerprint density at radius 2 is 1.91 bits per heavy atom. The molecule has 2 atom stereocenters. The van der Waals surface area contributed by atoms with Crippen LogP contribution in [0, 0.1) is 5.92 Å². The van der Waals surface area contributed by atoms with Gasteiger partial charge in [-0.05, 0) is 43.4 Å². The van der Waals surface area contributed by atoms with E-state index in [1.54, 1.807) is 6.92 Å². The molecule has 0 heterocycles. The molecule has 1 aliphatic rings. The predicted octanol–water partition coefficient (Wildman–Crippen LogP) is 4.11. The molecule has 0 saturated heterocycles. The molecule has 23 heavy (non-hydrogen) atoms. The van der Waals surface area contributed by atoms with E-state index in [9.17, 15) is 22.8 Å². The number of ketones is 1. The highest BCUT2D eigenvalue weighted by molar-refractivity contribution is 5.87. The third kappa shape index (κ3) is 4.33. The van der Waals surface area contributed by atoms with E-state index >= 15 is 0 Å². The molecule has 0 bridgehead atoms. The van der Waals surface area contributed by atoms with Crippen LogP contribution in [-0.2, 0) is 20.5 Å². The Labute approximate surface area is 132 Å². The number of carbonyl (C=O) groups is 2. The van der Waals surface area contributed by atoms with Crippen LogP contribution in [-0.4, -0.2) is 18.4 Å². The van der Waals surface area contributed by atoms with Gasteiger partial charge in [0.2, 0.25) is 0 Å². The van der Waals surface area contributed by atoms with Gasteiger partial charge in [0, 0.05) is 18.8 Å². The van der Waals surface area contributed by atoms with Crippen LogP contribution in [0.5, 0.6) is 0 Å². The van der Waals surface area contributed by atoms with Crippen molar-refractivity contribution >= 4 is 11.8 Å². The third-order valence-corrected chi connectivity index (χ3v) is 4.15. The first-order chi connectivity index (χ1) is 10.8. The molecule has 1 fully saturated rings. The molecule has 0 aromatic heterocycles.